The highest BCUT2D eigenvalue weighted by molar-refractivity contribution is 6.03. The van der Waals surface area contributed by atoms with Crippen LogP contribution in [0.5, 0.6) is 5.75 Å². The average Bonchev–Trinajstić information content (AvgIpc) is 3.24. The molecule has 0 unspecified atom stereocenters. The second-order valence-corrected chi connectivity index (χ2v) is 9.89. The van der Waals surface area contributed by atoms with Gasteiger partial charge in [0.1, 0.15) is 5.75 Å². The van der Waals surface area contributed by atoms with Crippen LogP contribution in [0.2, 0.25) is 0 Å². The van der Waals surface area contributed by atoms with Crippen LogP contribution in [0.1, 0.15) is 58.1 Å². The largest absolute Gasteiger partial charge is 0.573 e. The SMILES string of the molecule is Cc1nn2c(C)cccc2c1C(=O)CCc1ccc(N2CCC(c3ccc(OC(F)(F)F)cc3)CC2)cc1. The van der Waals surface area contributed by atoms with E-state index >= 15 is 0 Å². The molecule has 0 amide bonds. The number of aromatic nitrogens is 2. The molecule has 1 aliphatic heterocycles. The number of Topliss-reactive ketones (excluding diaryl/α,β-unsaturated/α-hetero) is 1. The fraction of sp³-hybridized carbons (Fsp3) is 0.333. The molecule has 0 spiro atoms. The Bertz CT molecular complexity index is 1420. The van der Waals surface area contributed by atoms with Crippen LogP contribution in [0.25, 0.3) is 5.52 Å². The lowest BCUT2D eigenvalue weighted by atomic mass is 9.89. The minimum absolute atomic E-state index is 0.104. The summed E-state index contributed by atoms with van der Waals surface area (Å²) in [4.78, 5) is 15.4. The Morgan fingerprint density at radius 2 is 1.66 bits per heavy atom. The van der Waals surface area contributed by atoms with Gasteiger partial charge in [-0.25, -0.2) is 4.52 Å². The van der Waals surface area contributed by atoms with Crippen molar-refractivity contribution in [3.8, 4) is 5.75 Å². The molecule has 198 valence electrons. The van der Waals surface area contributed by atoms with Crippen molar-refractivity contribution in [3.05, 3.63) is 94.8 Å². The van der Waals surface area contributed by atoms with Gasteiger partial charge < -0.3 is 9.64 Å². The molecule has 38 heavy (non-hydrogen) atoms. The van der Waals surface area contributed by atoms with E-state index in [1.165, 1.54) is 12.1 Å². The third kappa shape index (κ3) is 5.69. The molecular formula is C30H30F3N3O2. The van der Waals surface area contributed by atoms with Gasteiger partial charge in [0.2, 0.25) is 0 Å². The van der Waals surface area contributed by atoms with Crippen LogP contribution >= 0.6 is 0 Å². The zero-order valence-corrected chi connectivity index (χ0v) is 21.5. The number of ketones is 1. The van der Waals surface area contributed by atoms with Gasteiger partial charge in [0.05, 0.1) is 16.8 Å². The first-order chi connectivity index (χ1) is 18.2. The number of carbonyl (C=O) groups is 1. The molecule has 0 radical (unpaired) electrons. The van der Waals surface area contributed by atoms with Gasteiger partial charge in [-0.2, -0.15) is 5.10 Å². The Labute approximate surface area is 219 Å². The van der Waals surface area contributed by atoms with Crippen LogP contribution in [-0.4, -0.2) is 34.8 Å². The molecule has 0 aliphatic carbocycles. The normalized spacial score (nSPS) is 14.7. The number of benzene rings is 2. The number of halogens is 3. The third-order valence-electron chi connectivity index (χ3n) is 7.32. The van der Waals surface area contributed by atoms with Crippen molar-refractivity contribution in [2.24, 2.45) is 0 Å². The number of aryl methyl sites for hydroxylation is 3. The van der Waals surface area contributed by atoms with E-state index in [-0.39, 0.29) is 11.5 Å². The fourth-order valence-electron chi connectivity index (χ4n) is 5.33. The van der Waals surface area contributed by atoms with Gasteiger partial charge in [0.25, 0.3) is 0 Å². The summed E-state index contributed by atoms with van der Waals surface area (Å²) in [6.45, 7) is 5.61. The number of ether oxygens (including phenoxy) is 1. The summed E-state index contributed by atoms with van der Waals surface area (Å²) in [5, 5.41) is 4.54. The zero-order chi connectivity index (χ0) is 26.9. The molecule has 0 N–H and O–H groups in total. The quantitative estimate of drug-likeness (QED) is 0.245. The van der Waals surface area contributed by atoms with E-state index in [1.807, 2.05) is 36.6 Å². The first-order valence-electron chi connectivity index (χ1n) is 12.9. The third-order valence-corrected chi connectivity index (χ3v) is 7.32. The van der Waals surface area contributed by atoms with E-state index in [2.05, 4.69) is 39.0 Å². The maximum atomic E-state index is 13.0. The molecule has 1 saturated heterocycles. The van der Waals surface area contributed by atoms with Gasteiger partial charge in [0.15, 0.2) is 5.78 Å². The van der Waals surface area contributed by atoms with E-state index in [0.29, 0.717) is 24.3 Å². The molecule has 2 aromatic carbocycles. The molecule has 0 atom stereocenters. The smallest absolute Gasteiger partial charge is 0.406 e. The number of anilines is 1. The predicted molar refractivity (Wildman–Crippen MR) is 141 cm³/mol. The molecule has 0 saturated carbocycles. The van der Waals surface area contributed by atoms with Crippen molar-refractivity contribution in [3.63, 3.8) is 0 Å². The van der Waals surface area contributed by atoms with E-state index in [4.69, 9.17) is 0 Å². The van der Waals surface area contributed by atoms with Gasteiger partial charge in [-0.05, 0) is 86.6 Å². The van der Waals surface area contributed by atoms with Crippen LogP contribution in [0.3, 0.4) is 0 Å². The summed E-state index contributed by atoms with van der Waals surface area (Å²) in [6, 6.07) is 20.5. The maximum Gasteiger partial charge on any atom is 0.573 e. The topological polar surface area (TPSA) is 46.8 Å². The van der Waals surface area contributed by atoms with E-state index in [0.717, 1.165) is 59.7 Å². The summed E-state index contributed by atoms with van der Waals surface area (Å²) in [7, 11) is 0. The number of nitrogens with zero attached hydrogens (tertiary/aromatic N) is 3. The van der Waals surface area contributed by atoms with Gasteiger partial charge >= 0.3 is 6.36 Å². The summed E-state index contributed by atoms with van der Waals surface area (Å²) in [5.74, 6) is 0.222. The highest BCUT2D eigenvalue weighted by Gasteiger charge is 2.31. The highest BCUT2D eigenvalue weighted by Crippen LogP contribution is 2.32. The van der Waals surface area contributed by atoms with Crippen LogP contribution in [0.15, 0.2) is 66.7 Å². The number of rotatable bonds is 7. The van der Waals surface area contributed by atoms with E-state index in [9.17, 15) is 18.0 Å². The Morgan fingerprint density at radius 1 is 0.974 bits per heavy atom. The van der Waals surface area contributed by atoms with Crippen LogP contribution in [0.4, 0.5) is 18.9 Å². The van der Waals surface area contributed by atoms with Gasteiger partial charge in [-0.1, -0.05) is 30.3 Å². The minimum atomic E-state index is -4.68. The molecular weight excluding hydrogens is 491 g/mol. The number of carbonyl (C=O) groups excluding carboxylic acids is 1. The summed E-state index contributed by atoms with van der Waals surface area (Å²) in [5.41, 5.74) is 6.61. The van der Waals surface area contributed by atoms with Crippen molar-refractivity contribution >= 4 is 17.0 Å². The molecule has 1 aliphatic rings. The monoisotopic (exact) mass is 521 g/mol. The zero-order valence-electron chi connectivity index (χ0n) is 21.5. The number of alkyl halides is 3. The molecule has 5 nitrogen and oxygen atoms in total. The lowest BCUT2D eigenvalue weighted by molar-refractivity contribution is -0.274. The lowest BCUT2D eigenvalue weighted by Crippen LogP contribution is -2.32. The fourth-order valence-corrected chi connectivity index (χ4v) is 5.33. The number of hydrogen-bond donors (Lipinski definition) is 0. The minimum Gasteiger partial charge on any atom is -0.406 e. The van der Waals surface area contributed by atoms with Gasteiger partial charge in [-0.15, -0.1) is 13.2 Å². The average molecular weight is 522 g/mol. The van der Waals surface area contributed by atoms with Crippen LogP contribution < -0.4 is 9.64 Å². The summed E-state index contributed by atoms with van der Waals surface area (Å²) in [6.07, 6.45) is -1.74. The van der Waals surface area contributed by atoms with Crippen molar-refractivity contribution in [1.29, 1.82) is 0 Å². The summed E-state index contributed by atoms with van der Waals surface area (Å²) < 4.78 is 43.0. The molecule has 3 heterocycles. The van der Waals surface area contributed by atoms with Gasteiger partial charge in [0, 0.05) is 30.9 Å². The molecule has 5 rings (SSSR count). The Morgan fingerprint density at radius 3 is 2.32 bits per heavy atom. The number of pyridine rings is 1. The van der Waals surface area contributed by atoms with Crippen molar-refractivity contribution in [2.45, 2.75) is 51.8 Å². The lowest BCUT2D eigenvalue weighted by Gasteiger charge is -2.34. The van der Waals surface area contributed by atoms with Crippen molar-refractivity contribution < 1.29 is 22.7 Å². The van der Waals surface area contributed by atoms with Crippen LogP contribution in [0, 0.1) is 13.8 Å². The van der Waals surface area contributed by atoms with Crippen molar-refractivity contribution in [2.75, 3.05) is 18.0 Å². The van der Waals surface area contributed by atoms with E-state index < -0.39 is 6.36 Å². The number of fused-ring (bicyclic) bond motifs is 1. The Balaban J connectivity index is 1.15. The van der Waals surface area contributed by atoms with Gasteiger partial charge in [-0.3, -0.25) is 4.79 Å². The second kappa shape index (κ2) is 10.5. The van der Waals surface area contributed by atoms with E-state index in [1.54, 1.807) is 12.1 Å². The Hall–Kier alpha value is -3.81. The number of hydrogen-bond acceptors (Lipinski definition) is 4. The first-order valence-corrected chi connectivity index (χ1v) is 12.9. The molecule has 8 heteroatoms. The predicted octanol–water partition coefficient (Wildman–Crippen LogP) is 7.05. The molecule has 4 aromatic rings. The highest BCUT2D eigenvalue weighted by atomic mass is 19.4. The molecule has 1 fully saturated rings. The van der Waals surface area contributed by atoms with Crippen molar-refractivity contribution in [1.82, 2.24) is 9.61 Å². The summed E-state index contributed by atoms with van der Waals surface area (Å²) >= 11 is 0. The number of piperidine rings is 1. The molecule has 0 bridgehead atoms. The first kappa shape index (κ1) is 25.8. The second-order valence-electron chi connectivity index (χ2n) is 9.89. The maximum absolute atomic E-state index is 13.0. The standard InChI is InChI=1S/C30H30F3N3O2/c1-20-4-3-5-27-29(21(2)34-36(20)27)28(37)15-8-22-6-11-25(12-7-22)35-18-16-24(17-19-35)23-9-13-26(14-10-23)38-30(31,32)33/h3-7,9-14,24H,8,15-19H2,1-2H3. The molecule has 2 aromatic heterocycles. The van der Waals surface area contributed by atoms with Crippen LogP contribution in [-0.2, 0) is 6.42 Å². The Kier molecular flexibility index (Phi) is 7.15.